The largest absolute Gasteiger partial charge is 0.205 e. The summed E-state index contributed by atoms with van der Waals surface area (Å²) in [6.07, 6.45) is 0. The minimum absolute atomic E-state index is 0.221. The highest BCUT2D eigenvalue weighted by Gasteiger charge is 2.35. The van der Waals surface area contributed by atoms with Crippen molar-refractivity contribution in [1.82, 2.24) is 0 Å². The summed E-state index contributed by atoms with van der Waals surface area (Å²) < 4.78 is 38.4. The smallest absolute Gasteiger partial charge is 0.153 e. The second-order valence-corrected chi connectivity index (χ2v) is 24.0. The van der Waals surface area contributed by atoms with Gasteiger partial charge in [-0.2, -0.15) is 0 Å². The van der Waals surface area contributed by atoms with Crippen molar-refractivity contribution in [2.75, 3.05) is 0 Å². The molecule has 0 saturated carbocycles. The fraction of sp³-hybridized carbons (Fsp3) is 0. The van der Waals surface area contributed by atoms with Gasteiger partial charge in [-0.05, 0) is 97.1 Å². The number of hydrogen-bond acceptors (Lipinski definition) is 8. The van der Waals surface area contributed by atoms with Gasteiger partial charge in [-0.1, -0.05) is 240 Å². The van der Waals surface area contributed by atoms with E-state index >= 15 is 8.78 Å². The highest BCUT2D eigenvalue weighted by molar-refractivity contribution is 8.06. The first-order valence-corrected chi connectivity index (χ1v) is 28.7. The molecule has 0 aliphatic rings. The number of benzene rings is 10. The zero-order valence-corrected chi connectivity index (χ0v) is 43.6. The lowest BCUT2D eigenvalue weighted by Crippen LogP contribution is -2.05. The molecule has 0 saturated heterocycles. The van der Waals surface area contributed by atoms with Crippen LogP contribution >= 0.6 is 94.1 Å². The van der Waals surface area contributed by atoms with Crippen molar-refractivity contribution in [3.63, 3.8) is 0 Å². The molecule has 0 nitrogen and oxygen atoms in total. The summed E-state index contributed by atoms with van der Waals surface area (Å²) in [7, 11) is 0. The summed E-state index contributed by atoms with van der Waals surface area (Å²) >= 11 is 12.0. The van der Waals surface area contributed by atoms with Gasteiger partial charge in [-0.25, -0.2) is 8.78 Å². The normalized spacial score (nSPS) is 11.2. The van der Waals surface area contributed by atoms with Crippen molar-refractivity contribution < 1.29 is 8.78 Å². The lowest BCUT2D eigenvalue weighted by atomic mass is 10.0. The summed E-state index contributed by atoms with van der Waals surface area (Å²) in [5, 5.41) is 0. The molecule has 0 aliphatic carbocycles. The summed E-state index contributed by atoms with van der Waals surface area (Å²) in [4.78, 5) is 12.8. The van der Waals surface area contributed by atoms with Crippen molar-refractivity contribution >= 4 is 94.1 Å². The van der Waals surface area contributed by atoms with Crippen molar-refractivity contribution in [2.24, 2.45) is 0 Å². The van der Waals surface area contributed by atoms with E-state index in [9.17, 15) is 0 Å². The summed E-state index contributed by atoms with van der Waals surface area (Å²) in [6.45, 7) is 0. The average molecular weight is 1060 g/mol. The van der Waals surface area contributed by atoms with Crippen molar-refractivity contribution in [2.45, 2.75) is 78.3 Å². The van der Waals surface area contributed by atoms with E-state index in [1.165, 1.54) is 35.3 Å². The molecule has 342 valence electrons. The molecule has 0 spiro atoms. The van der Waals surface area contributed by atoms with Crippen molar-refractivity contribution in [3.05, 3.63) is 254 Å². The van der Waals surface area contributed by atoms with E-state index in [4.69, 9.17) is 0 Å². The van der Waals surface area contributed by atoms with Gasteiger partial charge in [-0.15, -0.1) is 0 Å². The number of rotatable bonds is 17. The molecular weight excluding hydrogens is 1020 g/mol. The Morgan fingerprint density at radius 2 is 0.357 bits per heavy atom. The van der Waals surface area contributed by atoms with Crippen LogP contribution in [0.4, 0.5) is 8.78 Å². The molecule has 0 aliphatic heterocycles. The molecule has 0 amide bonds. The van der Waals surface area contributed by atoms with Gasteiger partial charge in [0.1, 0.15) is 5.82 Å². The second kappa shape index (κ2) is 23.8. The van der Waals surface area contributed by atoms with Gasteiger partial charge in [0.25, 0.3) is 0 Å². The molecule has 0 heterocycles. The SMILES string of the molecule is Fc1c(Sc2ccccc2)c(Sc2ccccc2)c(F)c(-c2c(Sc3ccccc3)c(Sc3ccccc3)c(Sc3ccccc3)c(Sc3ccccc3)c2Sc2ccccc2)c1Sc1ccccc1. The van der Waals surface area contributed by atoms with Gasteiger partial charge in [-0.3, -0.25) is 0 Å². The third-order valence-electron chi connectivity index (χ3n) is 10.5. The number of halogens is 2. The van der Waals surface area contributed by atoms with Crippen LogP contribution in [0.15, 0.2) is 321 Å². The van der Waals surface area contributed by atoms with Crippen LogP contribution in [-0.2, 0) is 0 Å². The Balaban J connectivity index is 1.40. The molecule has 0 radical (unpaired) electrons. The number of hydrogen-bond donors (Lipinski definition) is 0. The van der Waals surface area contributed by atoms with E-state index in [1.54, 1.807) is 58.8 Å². The van der Waals surface area contributed by atoms with Crippen LogP contribution in [-0.4, -0.2) is 0 Å². The molecule has 10 aromatic carbocycles. The van der Waals surface area contributed by atoms with Gasteiger partial charge in [0, 0.05) is 74.8 Å². The van der Waals surface area contributed by atoms with Crippen LogP contribution in [0.2, 0.25) is 0 Å². The van der Waals surface area contributed by atoms with Crippen LogP contribution in [0, 0.1) is 11.6 Å². The summed E-state index contributed by atoms with van der Waals surface area (Å²) in [5.74, 6) is -0.951. The highest BCUT2D eigenvalue weighted by atomic mass is 32.2. The monoisotopic (exact) mass is 1050 g/mol. The first-order chi connectivity index (χ1) is 34.6. The highest BCUT2D eigenvalue weighted by Crippen LogP contribution is 2.62. The lowest BCUT2D eigenvalue weighted by Gasteiger charge is -2.28. The minimum Gasteiger partial charge on any atom is -0.205 e. The fourth-order valence-electron chi connectivity index (χ4n) is 7.32. The predicted octanol–water partition coefficient (Wildman–Crippen LogP) is 20.8. The predicted molar refractivity (Wildman–Crippen MR) is 296 cm³/mol. The molecule has 0 unspecified atom stereocenters. The van der Waals surface area contributed by atoms with E-state index in [1.807, 2.05) is 146 Å². The zero-order valence-electron chi connectivity index (χ0n) is 37.1. The minimum atomic E-state index is -0.480. The maximum Gasteiger partial charge on any atom is 0.153 e. The Hall–Kier alpha value is -5.14. The second-order valence-electron chi connectivity index (χ2n) is 15.3. The molecule has 10 aromatic rings. The van der Waals surface area contributed by atoms with Crippen LogP contribution in [0.5, 0.6) is 0 Å². The standard InChI is InChI=1S/C60H40F2S8/c61-51-49(53(63-41-25-9-1-10-26-41)52(62)57(67-45-33-17-5-18-34-45)56(51)66-44-31-15-4-16-32-44)50-54(64-42-27-11-2-12-28-42)58(68-46-35-19-6-20-36-46)60(70-48-39-23-8-24-40-48)59(69-47-37-21-7-22-38-47)55(50)65-43-29-13-3-14-30-43/h1-40H. The van der Waals surface area contributed by atoms with E-state index in [0.717, 1.165) is 63.6 Å². The van der Waals surface area contributed by atoms with Gasteiger partial charge < -0.3 is 0 Å². The Bertz CT molecular complexity index is 3190. The third kappa shape index (κ3) is 11.8. The van der Waals surface area contributed by atoms with Crippen molar-refractivity contribution in [3.8, 4) is 11.1 Å². The third-order valence-corrected chi connectivity index (χ3v) is 20.0. The first-order valence-electron chi connectivity index (χ1n) is 22.2. The first kappa shape index (κ1) is 48.5. The van der Waals surface area contributed by atoms with Gasteiger partial charge >= 0.3 is 0 Å². The lowest BCUT2D eigenvalue weighted by molar-refractivity contribution is 0.531. The molecule has 10 heteroatoms. The van der Waals surface area contributed by atoms with Gasteiger partial charge in [0.05, 0.1) is 14.7 Å². The molecule has 10 rings (SSSR count). The van der Waals surface area contributed by atoms with Gasteiger partial charge in [0.15, 0.2) is 5.82 Å². The molecule has 0 N–H and O–H groups in total. The maximum atomic E-state index is 19.5. The van der Waals surface area contributed by atoms with E-state index in [0.29, 0.717) is 5.56 Å². The fourth-order valence-corrected chi connectivity index (χ4v) is 16.5. The van der Waals surface area contributed by atoms with E-state index < -0.39 is 11.6 Å². The molecular formula is C60H40F2S8. The van der Waals surface area contributed by atoms with Crippen LogP contribution in [0.1, 0.15) is 0 Å². The average Bonchev–Trinajstić information content (AvgIpc) is 3.41. The molecule has 0 fully saturated rings. The molecule has 0 aromatic heterocycles. The molecule has 70 heavy (non-hydrogen) atoms. The van der Waals surface area contributed by atoms with Crippen LogP contribution in [0.3, 0.4) is 0 Å². The molecule has 0 atom stereocenters. The Morgan fingerprint density at radius 3 is 0.614 bits per heavy atom. The Labute approximate surface area is 442 Å². The van der Waals surface area contributed by atoms with E-state index in [-0.39, 0.29) is 20.2 Å². The summed E-state index contributed by atoms with van der Waals surface area (Å²) in [5.41, 5.74) is 0.859. The van der Waals surface area contributed by atoms with Gasteiger partial charge in [0.2, 0.25) is 0 Å². The Kier molecular flexibility index (Phi) is 16.5. The summed E-state index contributed by atoms with van der Waals surface area (Å²) in [6, 6.07) is 80.9. The molecule has 0 bridgehead atoms. The van der Waals surface area contributed by atoms with E-state index in [2.05, 4.69) is 97.1 Å². The maximum absolute atomic E-state index is 19.5. The topological polar surface area (TPSA) is 0 Å². The quantitative estimate of drug-likeness (QED) is 0.0874. The van der Waals surface area contributed by atoms with Crippen LogP contribution in [0.25, 0.3) is 11.1 Å². The zero-order chi connectivity index (χ0) is 47.5. The van der Waals surface area contributed by atoms with Crippen LogP contribution < -0.4 is 0 Å². The van der Waals surface area contributed by atoms with Crippen molar-refractivity contribution in [1.29, 1.82) is 0 Å². The Morgan fingerprint density at radius 1 is 0.171 bits per heavy atom.